The molecule has 0 bridgehead atoms. The van der Waals surface area contributed by atoms with Crippen LogP contribution in [0.1, 0.15) is 40.2 Å². The molecule has 0 spiro atoms. The summed E-state index contributed by atoms with van der Waals surface area (Å²) in [4.78, 5) is 15.1. The highest BCUT2D eigenvalue weighted by Crippen LogP contribution is 2.40. The zero-order valence-electron chi connectivity index (χ0n) is 18.0. The summed E-state index contributed by atoms with van der Waals surface area (Å²) in [5.74, 6) is -1.21. The van der Waals surface area contributed by atoms with E-state index in [4.69, 9.17) is 29.2 Å². The molecule has 0 radical (unpaired) electrons. The fourth-order valence-corrected chi connectivity index (χ4v) is 3.41. The van der Waals surface area contributed by atoms with Crippen molar-refractivity contribution in [2.24, 2.45) is 10.5 Å². The Morgan fingerprint density at radius 1 is 1.27 bits per heavy atom. The molecule has 0 saturated carbocycles. The van der Waals surface area contributed by atoms with Gasteiger partial charge in [0, 0.05) is 4.91 Å². The van der Waals surface area contributed by atoms with Crippen LogP contribution in [0.2, 0.25) is 0 Å². The molecule has 9 heteroatoms. The number of azide groups is 1. The molecule has 2 aliphatic rings. The molecule has 9 nitrogen and oxygen atoms in total. The predicted molar refractivity (Wildman–Crippen MR) is 107 cm³/mol. The Morgan fingerprint density at radius 3 is 2.60 bits per heavy atom. The van der Waals surface area contributed by atoms with Crippen LogP contribution in [-0.2, 0) is 35.1 Å². The van der Waals surface area contributed by atoms with Gasteiger partial charge in [-0.2, -0.15) is 0 Å². The van der Waals surface area contributed by atoms with E-state index in [1.807, 2.05) is 30.3 Å². The van der Waals surface area contributed by atoms with Crippen molar-refractivity contribution in [2.45, 2.75) is 77.7 Å². The Hall–Kier alpha value is -2.16. The molecule has 5 atom stereocenters. The van der Waals surface area contributed by atoms with Crippen LogP contribution in [0.25, 0.3) is 10.4 Å². The molecule has 1 aromatic rings. The average molecular weight is 419 g/mol. The highest BCUT2D eigenvalue weighted by Gasteiger charge is 2.57. The van der Waals surface area contributed by atoms with Crippen LogP contribution in [0.5, 0.6) is 0 Å². The minimum atomic E-state index is -0.818. The number of fused-ring (bicyclic) bond motifs is 1. The second kappa shape index (κ2) is 8.91. The van der Waals surface area contributed by atoms with Gasteiger partial charge in [-0.25, -0.2) is 0 Å². The van der Waals surface area contributed by atoms with Crippen molar-refractivity contribution in [3.8, 4) is 0 Å². The summed E-state index contributed by atoms with van der Waals surface area (Å²) in [6, 6.07) is 8.90. The minimum absolute atomic E-state index is 0.126. The number of carbonyl (C=O) groups excluding carboxylic acids is 1. The third-order valence-corrected chi connectivity index (χ3v) is 4.89. The molecule has 2 fully saturated rings. The van der Waals surface area contributed by atoms with Gasteiger partial charge in [-0.3, -0.25) is 4.79 Å². The first-order chi connectivity index (χ1) is 14.1. The standard InChI is InChI=1S/C21H29N3O6/c1-20(2,3)19(25)27-12-14(23-24-22)15-16(26-11-13-9-7-6-8-10-13)17-18(28-15)30-21(4,5)29-17/h6-10,14-18H,11-12H2,1-5H3/t14-,15-,16+,17-,18-/m1/s1. The van der Waals surface area contributed by atoms with Gasteiger partial charge in [-0.05, 0) is 45.7 Å². The normalized spacial score (nSPS) is 28.4. The number of carbonyl (C=O) groups is 1. The molecule has 2 heterocycles. The van der Waals surface area contributed by atoms with Crippen LogP contribution in [0.4, 0.5) is 0 Å². The third kappa shape index (κ3) is 5.30. The number of benzene rings is 1. The lowest BCUT2D eigenvalue weighted by molar-refractivity contribution is -0.222. The largest absolute Gasteiger partial charge is 0.465 e. The molecule has 3 rings (SSSR count). The van der Waals surface area contributed by atoms with E-state index in [-0.39, 0.29) is 6.61 Å². The van der Waals surface area contributed by atoms with Crippen molar-refractivity contribution in [2.75, 3.05) is 6.61 Å². The molecule has 164 valence electrons. The Labute approximate surface area is 176 Å². The first kappa shape index (κ1) is 22.5. The number of hydrogen-bond donors (Lipinski definition) is 0. The topological polar surface area (TPSA) is 112 Å². The maximum absolute atomic E-state index is 12.2. The van der Waals surface area contributed by atoms with Crippen LogP contribution in [0, 0.1) is 5.41 Å². The quantitative estimate of drug-likeness (QED) is 0.288. The van der Waals surface area contributed by atoms with Gasteiger partial charge in [0.1, 0.15) is 31.0 Å². The highest BCUT2D eigenvalue weighted by atomic mass is 16.8. The molecule has 2 aliphatic heterocycles. The average Bonchev–Trinajstić information content (AvgIpc) is 3.14. The number of hydrogen-bond acceptors (Lipinski definition) is 7. The Morgan fingerprint density at radius 2 is 1.97 bits per heavy atom. The fourth-order valence-electron chi connectivity index (χ4n) is 3.41. The second-order valence-electron chi connectivity index (χ2n) is 8.95. The molecular formula is C21H29N3O6. The van der Waals surface area contributed by atoms with Crippen LogP contribution < -0.4 is 0 Å². The molecule has 2 saturated heterocycles. The highest BCUT2D eigenvalue weighted by molar-refractivity contribution is 5.75. The van der Waals surface area contributed by atoms with Gasteiger partial charge >= 0.3 is 5.97 Å². The summed E-state index contributed by atoms with van der Waals surface area (Å²) in [6.07, 6.45) is -2.42. The van der Waals surface area contributed by atoms with E-state index >= 15 is 0 Å². The van der Waals surface area contributed by atoms with Gasteiger partial charge in [0.2, 0.25) is 0 Å². The second-order valence-corrected chi connectivity index (χ2v) is 8.95. The predicted octanol–water partition coefficient (Wildman–Crippen LogP) is 3.72. The number of nitrogens with zero attached hydrogens (tertiary/aromatic N) is 3. The van der Waals surface area contributed by atoms with Crippen LogP contribution in [-0.4, -0.2) is 49.0 Å². The van der Waals surface area contributed by atoms with Crippen molar-refractivity contribution in [3.05, 3.63) is 46.3 Å². The lowest BCUT2D eigenvalue weighted by atomic mass is 9.97. The molecule has 0 N–H and O–H groups in total. The van der Waals surface area contributed by atoms with Crippen LogP contribution in [0.15, 0.2) is 35.4 Å². The van der Waals surface area contributed by atoms with Crippen molar-refractivity contribution in [1.82, 2.24) is 0 Å². The van der Waals surface area contributed by atoms with E-state index in [1.54, 1.807) is 34.6 Å². The maximum atomic E-state index is 12.2. The summed E-state index contributed by atoms with van der Waals surface area (Å²) >= 11 is 0. The van der Waals surface area contributed by atoms with E-state index in [9.17, 15) is 4.79 Å². The minimum Gasteiger partial charge on any atom is -0.465 e. The lowest BCUT2D eigenvalue weighted by Crippen LogP contribution is -2.44. The van der Waals surface area contributed by atoms with Gasteiger partial charge in [0.15, 0.2) is 12.1 Å². The molecule has 1 aromatic carbocycles. The maximum Gasteiger partial charge on any atom is 0.311 e. The molecule has 0 aromatic heterocycles. The number of ether oxygens (including phenoxy) is 5. The van der Waals surface area contributed by atoms with Crippen molar-refractivity contribution < 1.29 is 28.5 Å². The van der Waals surface area contributed by atoms with Crippen molar-refractivity contribution in [1.29, 1.82) is 0 Å². The van der Waals surface area contributed by atoms with E-state index in [0.29, 0.717) is 6.61 Å². The lowest BCUT2D eigenvalue weighted by Gasteiger charge is -2.29. The zero-order valence-corrected chi connectivity index (χ0v) is 18.0. The number of rotatable bonds is 7. The summed E-state index contributed by atoms with van der Waals surface area (Å²) in [6.45, 7) is 9.06. The monoisotopic (exact) mass is 419 g/mol. The van der Waals surface area contributed by atoms with Crippen LogP contribution >= 0.6 is 0 Å². The molecule has 0 aliphatic carbocycles. The summed E-state index contributed by atoms with van der Waals surface area (Å²) < 4.78 is 29.4. The Balaban J connectivity index is 1.76. The van der Waals surface area contributed by atoms with Gasteiger partial charge in [0.25, 0.3) is 0 Å². The van der Waals surface area contributed by atoms with E-state index in [1.165, 1.54) is 0 Å². The van der Waals surface area contributed by atoms with E-state index in [2.05, 4.69) is 10.0 Å². The summed E-state index contributed by atoms with van der Waals surface area (Å²) in [7, 11) is 0. The molecule has 0 unspecified atom stereocenters. The van der Waals surface area contributed by atoms with Gasteiger partial charge in [0.05, 0.1) is 12.0 Å². The smallest absolute Gasteiger partial charge is 0.311 e. The Kier molecular flexibility index (Phi) is 6.69. The third-order valence-electron chi connectivity index (χ3n) is 4.89. The van der Waals surface area contributed by atoms with Gasteiger partial charge < -0.3 is 23.7 Å². The summed E-state index contributed by atoms with van der Waals surface area (Å²) in [5.41, 5.74) is 9.37. The Bertz CT molecular complexity index is 788. The molecule has 0 amide bonds. The molecule has 30 heavy (non-hydrogen) atoms. The fraction of sp³-hybridized carbons (Fsp3) is 0.667. The van der Waals surface area contributed by atoms with Crippen molar-refractivity contribution in [3.63, 3.8) is 0 Å². The zero-order chi connectivity index (χ0) is 21.9. The SMILES string of the molecule is CC1(C)O[C@H]2O[C@H]([C@@H](COC(=O)C(C)(C)C)N=[N+]=[N-])[C@H](OCc3ccccc3)[C@H]2O1. The van der Waals surface area contributed by atoms with Crippen LogP contribution in [0.3, 0.4) is 0 Å². The van der Waals surface area contributed by atoms with E-state index < -0.39 is 47.8 Å². The van der Waals surface area contributed by atoms with E-state index in [0.717, 1.165) is 5.56 Å². The van der Waals surface area contributed by atoms with Gasteiger partial charge in [-0.1, -0.05) is 35.4 Å². The number of esters is 1. The van der Waals surface area contributed by atoms with Crippen molar-refractivity contribution >= 4 is 5.97 Å². The van der Waals surface area contributed by atoms with Gasteiger partial charge in [-0.15, -0.1) is 0 Å². The first-order valence-corrected chi connectivity index (χ1v) is 9.99. The first-order valence-electron chi connectivity index (χ1n) is 9.99. The molecular weight excluding hydrogens is 390 g/mol. The summed E-state index contributed by atoms with van der Waals surface area (Å²) in [5, 5.41) is 3.82.